The van der Waals surface area contributed by atoms with Crippen LogP contribution in [-0.4, -0.2) is 34.2 Å². The number of hydrogen-bond acceptors (Lipinski definition) is 3. The van der Waals surface area contributed by atoms with E-state index in [1.807, 2.05) is 4.68 Å². The molecule has 1 saturated carbocycles. The topological polar surface area (TPSA) is 111 Å². The summed E-state index contributed by atoms with van der Waals surface area (Å²) < 4.78 is 1.88. The Kier molecular flexibility index (Phi) is 6.25. The summed E-state index contributed by atoms with van der Waals surface area (Å²) in [6.45, 7) is 1.48. The highest BCUT2D eigenvalue weighted by Gasteiger charge is 2.24. The minimum Gasteiger partial charge on any atom is -0.370 e. The maximum absolute atomic E-state index is 11.4. The van der Waals surface area contributed by atoms with Crippen LogP contribution in [0.2, 0.25) is 0 Å². The molecule has 1 aliphatic heterocycles. The van der Waals surface area contributed by atoms with Crippen molar-refractivity contribution < 1.29 is 4.79 Å². The number of rotatable bonds is 4. The molecule has 1 aromatic heterocycles. The minimum absolute atomic E-state index is 0. The predicted octanol–water partition coefficient (Wildman–Crippen LogP) is 1.01. The van der Waals surface area contributed by atoms with Gasteiger partial charge < -0.3 is 16.8 Å². The first-order chi connectivity index (χ1) is 10.6. The molecular weight excluding hydrogens is 407 g/mol. The second-order valence-corrected chi connectivity index (χ2v) is 6.30. The first kappa shape index (κ1) is 18.0. The molecule has 0 spiro atoms. The Hall–Kier alpha value is -1.32. The highest BCUT2D eigenvalue weighted by molar-refractivity contribution is 14.0. The molecule has 7 nitrogen and oxygen atoms in total. The number of halogens is 1. The summed E-state index contributed by atoms with van der Waals surface area (Å²) in [5, 5.41) is 7.52. The van der Waals surface area contributed by atoms with Crippen molar-refractivity contribution in [1.29, 1.82) is 0 Å². The van der Waals surface area contributed by atoms with Gasteiger partial charge in [0, 0.05) is 19.1 Å². The fourth-order valence-electron chi connectivity index (χ4n) is 3.41. The number of carbonyl (C=O) groups is 1. The van der Waals surface area contributed by atoms with Gasteiger partial charge in [0.15, 0.2) is 5.96 Å². The van der Waals surface area contributed by atoms with Crippen LogP contribution in [0.25, 0.3) is 0 Å². The third-order valence-corrected chi connectivity index (χ3v) is 4.67. The molecule has 2 aliphatic rings. The van der Waals surface area contributed by atoms with Crippen LogP contribution in [0.3, 0.4) is 0 Å². The number of guanidine groups is 1. The zero-order valence-electron chi connectivity index (χ0n) is 13.2. The van der Waals surface area contributed by atoms with Crippen LogP contribution in [0.15, 0.2) is 11.2 Å². The van der Waals surface area contributed by atoms with E-state index >= 15 is 0 Å². The van der Waals surface area contributed by atoms with Crippen molar-refractivity contribution in [2.75, 3.05) is 6.54 Å². The van der Waals surface area contributed by atoms with Gasteiger partial charge in [0.2, 0.25) is 0 Å². The number of fused-ring (bicyclic) bond motifs is 1. The molecule has 1 aromatic rings. The molecule has 1 unspecified atom stereocenters. The number of nitrogens with two attached hydrogens (primary N) is 2. The van der Waals surface area contributed by atoms with E-state index in [1.165, 1.54) is 25.7 Å². The van der Waals surface area contributed by atoms with Crippen LogP contribution in [0.5, 0.6) is 0 Å². The van der Waals surface area contributed by atoms with Gasteiger partial charge in [0.05, 0.1) is 17.5 Å². The van der Waals surface area contributed by atoms with Crippen molar-refractivity contribution in [2.24, 2.45) is 22.4 Å². The normalized spacial score (nSPS) is 21.6. The molecule has 0 aromatic carbocycles. The summed E-state index contributed by atoms with van der Waals surface area (Å²) in [6.07, 6.45) is 8.24. The lowest BCUT2D eigenvalue weighted by molar-refractivity contribution is 0.0998. The van der Waals surface area contributed by atoms with Crippen LogP contribution >= 0.6 is 24.0 Å². The third-order valence-electron chi connectivity index (χ3n) is 4.67. The number of hydrogen-bond donors (Lipinski definition) is 3. The molecule has 1 amide bonds. The average Bonchev–Trinajstić information content (AvgIpc) is 3.13. The minimum atomic E-state index is -0.409. The third kappa shape index (κ3) is 4.36. The lowest BCUT2D eigenvalue weighted by atomic mass is 9.94. The Morgan fingerprint density at radius 2 is 2.09 bits per heavy atom. The van der Waals surface area contributed by atoms with E-state index < -0.39 is 5.91 Å². The Morgan fingerprint density at radius 1 is 1.35 bits per heavy atom. The summed E-state index contributed by atoms with van der Waals surface area (Å²) in [7, 11) is 0. The quantitative estimate of drug-likeness (QED) is 0.375. The van der Waals surface area contributed by atoms with Crippen LogP contribution < -0.4 is 16.8 Å². The van der Waals surface area contributed by atoms with Crippen LogP contribution in [0, 0.1) is 5.92 Å². The van der Waals surface area contributed by atoms with Crippen molar-refractivity contribution in [3.05, 3.63) is 17.5 Å². The van der Waals surface area contributed by atoms with Crippen LogP contribution in [0.4, 0.5) is 0 Å². The summed E-state index contributed by atoms with van der Waals surface area (Å²) in [4.78, 5) is 15.9. The molecule has 0 bridgehead atoms. The van der Waals surface area contributed by atoms with E-state index in [9.17, 15) is 4.79 Å². The Labute approximate surface area is 153 Å². The molecule has 8 heteroatoms. The number of primary amides is 1. The zero-order valence-corrected chi connectivity index (χ0v) is 15.5. The molecule has 0 radical (unpaired) electrons. The fraction of sp³-hybridized carbons (Fsp3) is 0.667. The standard InChI is InChI=1S/C15H24N6O.HI/c16-14(22)12-9-19-21-6-5-10(7-13(12)21)8-18-15(17)20-11-3-1-2-4-11;/h9-11H,1-8H2,(H2,16,22)(H3,17,18,20);1H. The number of aryl methyl sites for hydroxylation is 1. The molecule has 23 heavy (non-hydrogen) atoms. The molecule has 1 fully saturated rings. The zero-order chi connectivity index (χ0) is 15.5. The van der Waals surface area contributed by atoms with Gasteiger partial charge in [-0.25, -0.2) is 0 Å². The van der Waals surface area contributed by atoms with E-state index in [2.05, 4.69) is 15.4 Å². The van der Waals surface area contributed by atoms with E-state index in [4.69, 9.17) is 11.5 Å². The molecule has 3 rings (SSSR count). The summed E-state index contributed by atoms with van der Waals surface area (Å²) in [5.41, 5.74) is 12.8. The molecule has 1 atom stereocenters. The van der Waals surface area contributed by atoms with Crippen LogP contribution in [-0.2, 0) is 13.0 Å². The number of nitrogens with one attached hydrogen (secondary N) is 1. The van der Waals surface area contributed by atoms with Gasteiger partial charge in [-0.2, -0.15) is 5.10 Å². The number of aromatic nitrogens is 2. The van der Waals surface area contributed by atoms with Gasteiger partial charge in [-0.15, -0.1) is 24.0 Å². The van der Waals surface area contributed by atoms with Crippen molar-refractivity contribution in [3.8, 4) is 0 Å². The molecule has 1 aliphatic carbocycles. The first-order valence-corrected chi connectivity index (χ1v) is 8.04. The van der Waals surface area contributed by atoms with Crippen molar-refractivity contribution in [1.82, 2.24) is 15.1 Å². The van der Waals surface area contributed by atoms with E-state index in [1.54, 1.807) is 6.20 Å². The maximum atomic E-state index is 11.4. The monoisotopic (exact) mass is 432 g/mol. The Balaban J connectivity index is 0.00000192. The molecule has 128 valence electrons. The predicted molar refractivity (Wildman–Crippen MR) is 99.9 cm³/mol. The van der Waals surface area contributed by atoms with Gasteiger partial charge in [-0.3, -0.25) is 14.5 Å². The summed E-state index contributed by atoms with van der Waals surface area (Å²) in [6, 6.07) is 0.484. The van der Waals surface area contributed by atoms with Crippen molar-refractivity contribution in [3.63, 3.8) is 0 Å². The fourth-order valence-corrected chi connectivity index (χ4v) is 3.41. The molecule has 0 saturated heterocycles. The first-order valence-electron chi connectivity index (χ1n) is 8.04. The Morgan fingerprint density at radius 3 is 2.78 bits per heavy atom. The van der Waals surface area contributed by atoms with Gasteiger partial charge in [0.25, 0.3) is 5.91 Å². The highest BCUT2D eigenvalue weighted by atomic mass is 127. The van der Waals surface area contributed by atoms with Gasteiger partial charge >= 0.3 is 0 Å². The van der Waals surface area contributed by atoms with Crippen LogP contribution in [0.1, 0.15) is 48.2 Å². The lowest BCUT2D eigenvalue weighted by Crippen LogP contribution is -2.39. The van der Waals surface area contributed by atoms with Gasteiger partial charge in [-0.1, -0.05) is 12.8 Å². The number of amides is 1. The van der Waals surface area contributed by atoms with E-state index in [-0.39, 0.29) is 24.0 Å². The van der Waals surface area contributed by atoms with E-state index in [0.717, 1.165) is 25.1 Å². The average molecular weight is 432 g/mol. The van der Waals surface area contributed by atoms with Gasteiger partial charge in [-0.05, 0) is 31.6 Å². The lowest BCUT2D eigenvalue weighted by Gasteiger charge is -2.23. The summed E-state index contributed by atoms with van der Waals surface area (Å²) >= 11 is 0. The molecular formula is C15H25IN6O. The van der Waals surface area contributed by atoms with Crippen molar-refractivity contribution >= 4 is 35.8 Å². The van der Waals surface area contributed by atoms with Gasteiger partial charge in [0.1, 0.15) is 0 Å². The number of nitrogens with zero attached hydrogens (tertiary/aromatic N) is 3. The smallest absolute Gasteiger partial charge is 0.252 e. The summed E-state index contributed by atoms with van der Waals surface area (Å²) in [5.74, 6) is 0.514. The Bertz CT molecular complexity index is 579. The van der Waals surface area contributed by atoms with E-state index in [0.29, 0.717) is 30.0 Å². The second-order valence-electron chi connectivity index (χ2n) is 6.30. The number of aliphatic imine (C=N–C) groups is 1. The molecule has 5 N–H and O–H groups in total. The highest BCUT2D eigenvalue weighted by Crippen LogP contribution is 2.23. The largest absolute Gasteiger partial charge is 0.370 e. The SMILES string of the molecule is I.NC(=O)c1cnn2c1CC(CN=C(N)NC1CCCC1)CC2. The van der Waals surface area contributed by atoms with Crippen molar-refractivity contribution in [2.45, 2.75) is 51.1 Å². The maximum Gasteiger partial charge on any atom is 0.252 e. The molecule has 2 heterocycles. The second kappa shape index (κ2) is 7.98. The number of carbonyl (C=O) groups excluding carboxylic acids is 1.